The fraction of sp³-hybridized carbons (Fsp3) is 0.368. The Morgan fingerprint density at radius 1 is 0.800 bits per heavy atom. The van der Waals surface area contributed by atoms with Gasteiger partial charge in [-0.2, -0.15) is 6.08 Å². The van der Waals surface area contributed by atoms with Crippen LogP contribution in [0.25, 0.3) is 0 Å². The second-order valence-corrected chi connectivity index (χ2v) is 4.53. The van der Waals surface area contributed by atoms with Crippen LogP contribution in [0.4, 0.5) is 0 Å². The summed E-state index contributed by atoms with van der Waals surface area (Å²) in [6, 6.07) is 0. The molecule has 0 aromatic rings. The Hall–Kier alpha value is -0.911. The van der Waals surface area contributed by atoms with Crippen molar-refractivity contribution in [1.82, 2.24) is 0 Å². The Morgan fingerprint density at radius 3 is 1.40 bits per heavy atom. The monoisotopic (exact) mass is 446 g/mol. The molecule has 0 saturated heterocycles. The third kappa shape index (κ3) is 11.0. The van der Waals surface area contributed by atoms with Crippen molar-refractivity contribution in [2.24, 2.45) is 0 Å². The Bertz CT molecular complexity index is 344. The molecule has 0 unspecified atom stereocenters. The Morgan fingerprint density at radius 2 is 1.25 bits per heavy atom. The van der Waals surface area contributed by atoms with Crippen molar-refractivity contribution >= 4 is 0 Å². The van der Waals surface area contributed by atoms with E-state index in [2.05, 4.69) is 73.8 Å². The van der Waals surface area contributed by atoms with Gasteiger partial charge in [-0.3, -0.25) is 6.08 Å². The van der Waals surface area contributed by atoms with Gasteiger partial charge in [-0.15, -0.1) is 6.42 Å². The van der Waals surface area contributed by atoms with Crippen molar-refractivity contribution in [3.63, 3.8) is 0 Å². The molecule has 3 aliphatic carbocycles. The minimum atomic E-state index is 0. The minimum Gasteiger partial charge on any atom is -0.270 e. The van der Waals surface area contributed by atoms with Crippen molar-refractivity contribution < 1.29 is 20.1 Å². The summed E-state index contributed by atoms with van der Waals surface area (Å²) in [6.45, 7) is 2.15. The largest absolute Gasteiger partial charge is 0.270 e. The van der Waals surface area contributed by atoms with Gasteiger partial charge in [0.15, 0.2) is 0 Å². The van der Waals surface area contributed by atoms with Crippen LogP contribution in [0, 0.1) is 6.08 Å². The SMILES string of the molecule is C1=CCCC=C1.C1=CCCC=C1.CCC1=[C-]CC=C1.[Ir]. The second kappa shape index (κ2) is 14.5. The van der Waals surface area contributed by atoms with Crippen molar-refractivity contribution in [1.29, 1.82) is 0 Å². The molecule has 0 N–H and O–H groups in total. The fourth-order valence-corrected chi connectivity index (χ4v) is 1.78. The number of allylic oxidation sites excluding steroid dienone is 12. The molecule has 0 aromatic heterocycles. The zero-order chi connectivity index (χ0) is 13.6. The first-order valence-corrected chi connectivity index (χ1v) is 7.33. The molecule has 0 saturated carbocycles. The molecular weight excluding hydrogens is 420 g/mol. The normalized spacial score (nSPS) is 17.4. The quantitative estimate of drug-likeness (QED) is 0.443. The van der Waals surface area contributed by atoms with Crippen LogP contribution in [0.15, 0.2) is 66.3 Å². The maximum absolute atomic E-state index is 3.21. The summed E-state index contributed by atoms with van der Waals surface area (Å²) < 4.78 is 0. The number of rotatable bonds is 1. The van der Waals surface area contributed by atoms with Crippen LogP contribution in [-0.4, -0.2) is 0 Å². The minimum absolute atomic E-state index is 0. The van der Waals surface area contributed by atoms with Gasteiger partial charge in [0, 0.05) is 20.1 Å². The fourth-order valence-electron chi connectivity index (χ4n) is 1.78. The van der Waals surface area contributed by atoms with Gasteiger partial charge < -0.3 is 0 Å². The zero-order valence-corrected chi connectivity index (χ0v) is 14.7. The average Bonchev–Trinajstić information content (AvgIpc) is 3.06. The molecule has 0 bridgehead atoms. The molecule has 1 heteroatoms. The summed E-state index contributed by atoms with van der Waals surface area (Å²) in [5.74, 6) is 0. The molecule has 0 nitrogen and oxygen atoms in total. The molecule has 1 radical (unpaired) electrons. The van der Waals surface area contributed by atoms with E-state index in [0.717, 1.165) is 12.8 Å². The van der Waals surface area contributed by atoms with Crippen LogP contribution in [0.3, 0.4) is 0 Å². The molecule has 0 amide bonds. The van der Waals surface area contributed by atoms with Gasteiger partial charge in [0.2, 0.25) is 0 Å². The molecule has 0 atom stereocenters. The van der Waals surface area contributed by atoms with Gasteiger partial charge in [0.05, 0.1) is 0 Å². The molecule has 0 fully saturated rings. The molecule has 0 spiro atoms. The van der Waals surface area contributed by atoms with Crippen molar-refractivity contribution in [3.8, 4) is 0 Å². The van der Waals surface area contributed by atoms with E-state index in [0.29, 0.717) is 0 Å². The third-order valence-corrected chi connectivity index (χ3v) is 2.91. The molecule has 20 heavy (non-hydrogen) atoms. The van der Waals surface area contributed by atoms with Crippen molar-refractivity contribution in [2.75, 3.05) is 0 Å². The molecular formula is C19H25Ir-. The molecule has 0 heterocycles. The van der Waals surface area contributed by atoms with E-state index in [1.54, 1.807) is 0 Å². The Balaban J connectivity index is 0.000000265. The van der Waals surface area contributed by atoms with E-state index in [1.807, 2.05) is 0 Å². The number of hydrogen-bond acceptors (Lipinski definition) is 0. The van der Waals surface area contributed by atoms with E-state index in [4.69, 9.17) is 0 Å². The molecule has 0 aromatic carbocycles. The topological polar surface area (TPSA) is 0 Å². The summed E-state index contributed by atoms with van der Waals surface area (Å²) in [7, 11) is 0. The summed E-state index contributed by atoms with van der Waals surface area (Å²) >= 11 is 0. The first kappa shape index (κ1) is 19.1. The van der Waals surface area contributed by atoms with Crippen molar-refractivity contribution in [3.05, 3.63) is 72.4 Å². The summed E-state index contributed by atoms with van der Waals surface area (Å²) in [4.78, 5) is 0. The van der Waals surface area contributed by atoms with Crippen LogP contribution >= 0.6 is 0 Å². The van der Waals surface area contributed by atoms with Gasteiger partial charge in [0.1, 0.15) is 0 Å². The van der Waals surface area contributed by atoms with Crippen LogP contribution < -0.4 is 0 Å². The van der Waals surface area contributed by atoms with E-state index in [1.165, 1.54) is 31.3 Å². The van der Waals surface area contributed by atoms with E-state index >= 15 is 0 Å². The van der Waals surface area contributed by atoms with Crippen LogP contribution in [0.5, 0.6) is 0 Å². The van der Waals surface area contributed by atoms with Gasteiger partial charge in [-0.05, 0) is 25.7 Å². The Kier molecular flexibility index (Phi) is 13.8. The summed E-state index contributed by atoms with van der Waals surface area (Å²) in [5.41, 5.74) is 1.36. The van der Waals surface area contributed by atoms with Gasteiger partial charge in [0.25, 0.3) is 0 Å². The molecule has 3 rings (SSSR count). The molecule has 111 valence electrons. The zero-order valence-electron chi connectivity index (χ0n) is 12.3. The predicted molar refractivity (Wildman–Crippen MR) is 85.8 cm³/mol. The molecule has 0 aliphatic heterocycles. The maximum Gasteiger partial charge on any atom is 0 e. The van der Waals surface area contributed by atoms with Crippen LogP contribution in [0.2, 0.25) is 0 Å². The standard InChI is InChI=1S/C7H9.2C6H8.Ir/c1-2-7-5-3-4-6-7;2*1-2-4-6-5-3-1;/h3,5H,2,4H2,1H3;2*1-4H,5-6H2;/q-1;;;. The van der Waals surface area contributed by atoms with Gasteiger partial charge in [-0.25, -0.2) is 11.6 Å². The van der Waals surface area contributed by atoms with E-state index < -0.39 is 0 Å². The van der Waals surface area contributed by atoms with Crippen molar-refractivity contribution in [2.45, 2.75) is 45.4 Å². The van der Waals surface area contributed by atoms with Gasteiger partial charge >= 0.3 is 0 Å². The second-order valence-electron chi connectivity index (χ2n) is 4.53. The van der Waals surface area contributed by atoms with Gasteiger partial charge in [-0.1, -0.05) is 62.0 Å². The smallest absolute Gasteiger partial charge is 0 e. The van der Waals surface area contributed by atoms with E-state index in [-0.39, 0.29) is 20.1 Å². The first-order chi connectivity index (χ1) is 9.43. The van der Waals surface area contributed by atoms with Crippen LogP contribution in [0.1, 0.15) is 45.4 Å². The van der Waals surface area contributed by atoms with Crippen LogP contribution in [-0.2, 0) is 20.1 Å². The average molecular weight is 446 g/mol. The maximum atomic E-state index is 3.21. The Labute approximate surface area is 138 Å². The van der Waals surface area contributed by atoms with E-state index in [9.17, 15) is 0 Å². The molecule has 3 aliphatic rings. The first-order valence-electron chi connectivity index (χ1n) is 7.33. The summed E-state index contributed by atoms with van der Waals surface area (Å²) in [6.07, 6.45) is 31.7. The predicted octanol–water partition coefficient (Wildman–Crippen LogP) is 5.87. The third-order valence-electron chi connectivity index (χ3n) is 2.91. The summed E-state index contributed by atoms with van der Waals surface area (Å²) in [5, 5.41) is 0. The number of hydrogen-bond donors (Lipinski definition) is 0.